The lowest BCUT2D eigenvalue weighted by Crippen LogP contribution is -2.69. The molecule has 100 heavy (non-hydrogen) atoms. The van der Waals surface area contributed by atoms with Gasteiger partial charge >= 0.3 is 35.8 Å². The van der Waals surface area contributed by atoms with E-state index >= 15 is 0 Å². The van der Waals surface area contributed by atoms with Crippen molar-refractivity contribution in [3.05, 3.63) is 0 Å². The molecule has 0 aliphatic carbocycles. The summed E-state index contributed by atoms with van der Waals surface area (Å²) in [6.45, 7) is 10.7. The van der Waals surface area contributed by atoms with Crippen molar-refractivity contribution in [2.45, 2.75) is 232 Å². The van der Waals surface area contributed by atoms with Gasteiger partial charge in [-0.1, -0.05) is 13.8 Å². The van der Waals surface area contributed by atoms with E-state index in [0.29, 0.717) is 6.42 Å². The molecule has 17 atom stereocenters. The summed E-state index contributed by atoms with van der Waals surface area (Å²) in [7, 11) is 0. The number of carbonyl (C=O) groups is 18. The van der Waals surface area contributed by atoms with Crippen molar-refractivity contribution in [3.8, 4) is 0 Å². The molecule has 0 spiro atoms. The topological polar surface area (TPSA) is 574 Å². The van der Waals surface area contributed by atoms with Gasteiger partial charge in [-0.3, -0.25) is 86.3 Å². The number of ether oxygens (including phenoxy) is 9. The second kappa shape index (κ2) is 40.4. The number of primary amides is 2. The Balaban J connectivity index is 2.21. The Labute approximate surface area is 573 Å². The number of esters is 5. The zero-order valence-corrected chi connectivity index (χ0v) is 57.4. The highest BCUT2D eigenvalue weighted by Gasteiger charge is 2.55. The maximum Gasteiger partial charge on any atom is 0.303 e. The van der Waals surface area contributed by atoms with Gasteiger partial charge in [-0.2, -0.15) is 0 Å². The number of nitrogens with zero attached hydrogens (tertiary/aromatic N) is 1. The zero-order chi connectivity index (χ0) is 75.6. The van der Waals surface area contributed by atoms with E-state index in [1.807, 2.05) is 0 Å². The number of hydrogen-bond donors (Lipinski definition) is 12. The Morgan fingerprint density at radius 1 is 0.520 bits per heavy atom. The molecule has 0 bridgehead atoms. The molecule has 40 heteroatoms. The first-order valence-corrected chi connectivity index (χ1v) is 31.8. The number of amides is 12. The molecule has 0 saturated carbocycles. The first-order chi connectivity index (χ1) is 46.7. The minimum Gasteiger partial charge on any atom is -0.481 e. The molecule has 0 aromatic heterocycles. The van der Waals surface area contributed by atoms with Crippen LogP contribution in [-0.2, 0) is 129 Å². The second-order valence-corrected chi connectivity index (χ2v) is 24.1. The van der Waals surface area contributed by atoms with Crippen LogP contribution in [0.4, 0.5) is 0 Å². The molecule has 3 heterocycles. The molecular formula is C60H92N12O28. The lowest BCUT2D eigenvalue weighted by atomic mass is 9.95. The van der Waals surface area contributed by atoms with Crippen molar-refractivity contribution in [2.75, 3.05) is 32.8 Å². The van der Waals surface area contributed by atoms with Crippen LogP contribution in [0, 0.1) is 5.92 Å². The van der Waals surface area contributed by atoms with Gasteiger partial charge in [-0.05, 0) is 51.9 Å². The first kappa shape index (κ1) is 84.5. The summed E-state index contributed by atoms with van der Waals surface area (Å²) in [5, 5.41) is 30.9. The maximum atomic E-state index is 14.8. The SMILES string of the molecule is CC(=O)N[C@H]1[C@@H](OC[C@H]2O[C@H](O[C@H](C)[C@H](NC(=O)[C@H](CCC(N)=O)NC(=O)[C@H](C)NC(=O)[C@H](CC(C)C)NC(=O)[C@H](CCC(=O)O)NC(C)=O)C(=O)NCC(=O)N3CCC[C@H]3C(=O)NCC(N)=O)[C@H](NC(C)=O)[C@@H](OC(C)=O)[C@H]2OC(C)=O)O[C@H](COC(C)=O)[C@H](OC(C)=O)[C@@H]1OC(C)=O. The lowest BCUT2D eigenvalue weighted by molar-refractivity contribution is -0.312. The number of likely N-dealkylation sites (tertiary alicyclic amines) is 1. The molecule has 0 unspecified atom stereocenters. The molecule has 14 N–H and O–H groups in total. The standard InChI is InChI=1S/C60H92N12O28/c1-25(2)20-38(70-54(87)36(66-28(5)73)16-18-45(84)85)56(89)65-26(3)53(86)69-37(15-17-42(61)81)55(88)71-46(58(91)64-22-44(83)72-19-13-14-39(72)57(90)63-21-43(62)82)27(4)94-60-48(68-30(7)75)52(98-35(12)80)50(96-33(10)78)41(100-60)24-93-59-47(67-29(6)74)51(97-34(11)79)49(95-32(9)77)40(99-59)23-92-31(8)76/h25-27,36-41,46-52,59-60H,13-24H2,1-12H3,(H2,61,81)(H2,62,82)(H,63,90)(H,64,91)(H,65,89)(H,66,73)(H,67,74)(H,68,75)(H,69,86)(H,70,87)(H,71,88)(H,84,85)/t26-,27+,36-,37-,38-,39-,40+,41+,46-,47+,48+,49-,50-,51+,52+,59-,60-/m0/s1. The first-order valence-electron chi connectivity index (χ1n) is 31.8. The lowest BCUT2D eigenvalue weighted by Gasteiger charge is -2.47. The van der Waals surface area contributed by atoms with Crippen LogP contribution in [0.1, 0.15) is 128 Å². The number of hydrogen-bond acceptors (Lipinski definition) is 27. The van der Waals surface area contributed by atoms with Gasteiger partial charge in [0.1, 0.15) is 67.1 Å². The van der Waals surface area contributed by atoms with Crippen LogP contribution in [0.5, 0.6) is 0 Å². The van der Waals surface area contributed by atoms with Crippen LogP contribution in [0.25, 0.3) is 0 Å². The monoisotopic (exact) mass is 1430 g/mol. The summed E-state index contributed by atoms with van der Waals surface area (Å²) < 4.78 is 52.7. The molecule has 12 amide bonds. The van der Waals surface area contributed by atoms with Gasteiger partial charge in [0, 0.05) is 74.8 Å². The largest absolute Gasteiger partial charge is 0.481 e. The van der Waals surface area contributed by atoms with E-state index in [-0.39, 0.29) is 31.7 Å². The number of aliphatic carboxylic acids is 1. The van der Waals surface area contributed by atoms with Gasteiger partial charge in [-0.25, -0.2) is 0 Å². The number of carbonyl (C=O) groups excluding carboxylic acids is 17. The van der Waals surface area contributed by atoms with E-state index in [2.05, 4.69) is 47.9 Å². The Morgan fingerprint density at radius 3 is 1.51 bits per heavy atom. The van der Waals surface area contributed by atoms with Crippen LogP contribution in [0.2, 0.25) is 0 Å². The fourth-order valence-electron chi connectivity index (χ4n) is 10.8. The third kappa shape index (κ3) is 28.3. The molecule has 0 aromatic carbocycles. The number of carboxylic acids is 1. The van der Waals surface area contributed by atoms with Gasteiger partial charge in [0.25, 0.3) is 0 Å². The maximum absolute atomic E-state index is 14.8. The molecule has 3 rings (SSSR count). The summed E-state index contributed by atoms with van der Waals surface area (Å²) >= 11 is 0. The Kier molecular flexibility index (Phi) is 34.1. The van der Waals surface area contributed by atoms with E-state index in [0.717, 1.165) is 67.2 Å². The molecule has 3 aliphatic heterocycles. The minimum atomic E-state index is -2.10. The average Bonchev–Trinajstić information content (AvgIpc) is 0.923. The zero-order valence-electron chi connectivity index (χ0n) is 57.4. The van der Waals surface area contributed by atoms with Gasteiger partial charge in [0.15, 0.2) is 37.0 Å². The Morgan fingerprint density at radius 2 is 1.01 bits per heavy atom. The van der Waals surface area contributed by atoms with Crippen LogP contribution in [0.15, 0.2) is 0 Å². The van der Waals surface area contributed by atoms with E-state index in [9.17, 15) is 91.4 Å². The molecule has 560 valence electrons. The molecular weight excluding hydrogens is 1340 g/mol. The quantitative estimate of drug-likeness (QED) is 0.0203. The summed E-state index contributed by atoms with van der Waals surface area (Å²) in [4.78, 5) is 235. The number of rotatable bonds is 37. The van der Waals surface area contributed by atoms with Crippen molar-refractivity contribution in [2.24, 2.45) is 17.4 Å². The van der Waals surface area contributed by atoms with Gasteiger partial charge in [0.05, 0.1) is 25.8 Å². The van der Waals surface area contributed by atoms with Crippen molar-refractivity contribution in [1.29, 1.82) is 0 Å². The number of nitrogens with two attached hydrogens (primary N) is 2. The van der Waals surface area contributed by atoms with Crippen LogP contribution in [0.3, 0.4) is 0 Å². The summed E-state index contributed by atoms with van der Waals surface area (Å²) in [5.41, 5.74) is 10.7. The molecule has 3 fully saturated rings. The molecule has 40 nitrogen and oxygen atoms in total. The molecule has 0 aromatic rings. The highest BCUT2D eigenvalue weighted by atomic mass is 16.7. The van der Waals surface area contributed by atoms with Crippen molar-refractivity contribution in [1.82, 2.24) is 52.8 Å². The third-order valence-corrected chi connectivity index (χ3v) is 15.0. The normalized spacial score (nSPS) is 23.4. The molecule has 3 saturated heterocycles. The fraction of sp³-hybridized carbons (Fsp3) is 0.700. The summed E-state index contributed by atoms with van der Waals surface area (Å²) in [6, 6.07) is -12.8. The highest BCUT2D eigenvalue weighted by Crippen LogP contribution is 2.32. The Bertz CT molecular complexity index is 3030. The smallest absolute Gasteiger partial charge is 0.303 e. The average molecular weight is 1430 g/mol. The van der Waals surface area contributed by atoms with E-state index in [4.69, 9.17) is 54.1 Å². The van der Waals surface area contributed by atoms with Crippen molar-refractivity contribution < 1.29 is 134 Å². The van der Waals surface area contributed by atoms with Crippen molar-refractivity contribution in [3.63, 3.8) is 0 Å². The van der Waals surface area contributed by atoms with E-state index in [1.165, 1.54) is 6.92 Å². The van der Waals surface area contributed by atoms with Gasteiger partial charge in [-0.15, -0.1) is 0 Å². The third-order valence-electron chi connectivity index (χ3n) is 15.0. The minimum absolute atomic E-state index is 0.00663. The Hall–Kier alpha value is -9.70. The van der Waals surface area contributed by atoms with Crippen LogP contribution < -0.4 is 59.3 Å². The fourth-order valence-corrected chi connectivity index (χ4v) is 10.8. The summed E-state index contributed by atoms with van der Waals surface area (Å²) in [5.74, 6) is -17.8. The van der Waals surface area contributed by atoms with Crippen LogP contribution in [-0.4, -0.2) is 253 Å². The van der Waals surface area contributed by atoms with E-state index < -0.39 is 256 Å². The highest BCUT2D eigenvalue weighted by molar-refractivity contribution is 5.98. The molecule has 0 radical (unpaired) electrons. The van der Waals surface area contributed by atoms with Crippen LogP contribution >= 0.6 is 0 Å². The predicted octanol–water partition coefficient (Wildman–Crippen LogP) is -6.49. The molecule has 3 aliphatic rings. The van der Waals surface area contributed by atoms with Crippen molar-refractivity contribution >= 4 is 107 Å². The predicted molar refractivity (Wildman–Crippen MR) is 334 cm³/mol. The van der Waals surface area contributed by atoms with Gasteiger partial charge in [0.2, 0.25) is 70.9 Å². The number of nitrogens with one attached hydrogen (secondary N) is 9. The van der Waals surface area contributed by atoms with Gasteiger partial charge < -0.3 is 112 Å². The summed E-state index contributed by atoms with van der Waals surface area (Å²) in [6.07, 6.45) is -17.7. The van der Waals surface area contributed by atoms with E-state index in [1.54, 1.807) is 13.8 Å². The number of carboxylic acid groups (broad SMARTS) is 1. The second-order valence-electron chi connectivity index (χ2n) is 24.1.